The lowest BCUT2D eigenvalue weighted by Gasteiger charge is -2.36. The number of rotatable bonds is 3. The van der Waals surface area contributed by atoms with E-state index in [0.29, 0.717) is 6.54 Å². The molecule has 0 bridgehead atoms. The van der Waals surface area contributed by atoms with Gasteiger partial charge in [-0.1, -0.05) is 18.2 Å². The lowest BCUT2D eigenvalue weighted by molar-refractivity contribution is -0.121. The highest BCUT2D eigenvalue weighted by Crippen LogP contribution is 2.41. The van der Waals surface area contributed by atoms with Gasteiger partial charge < -0.3 is 19.9 Å². The summed E-state index contributed by atoms with van der Waals surface area (Å²) >= 11 is 0. The fourth-order valence-corrected chi connectivity index (χ4v) is 2.84. The van der Waals surface area contributed by atoms with Gasteiger partial charge in [0.2, 0.25) is 0 Å². The van der Waals surface area contributed by atoms with Crippen LogP contribution >= 0.6 is 0 Å². The first-order chi connectivity index (χ1) is 10.2. The van der Waals surface area contributed by atoms with Crippen LogP contribution in [0, 0.1) is 0 Å². The van der Waals surface area contributed by atoms with Gasteiger partial charge in [-0.3, -0.25) is 4.79 Å². The first-order valence-corrected chi connectivity index (χ1v) is 7.33. The monoisotopic (exact) mass is 287 g/mol. The van der Waals surface area contributed by atoms with Crippen molar-refractivity contribution >= 4 is 17.3 Å². The summed E-state index contributed by atoms with van der Waals surface area (Å²) in [5.74, 6) is 0.778. The zero-order valence-corrected chi connectivity index (χ0v) is 12.4. The summed E-state index contributed by atoms with van der Waals surface area (Å²) in [5, 5.41) is 3.35. The van der Waals surface area contributed by atoms with Gasteiger partial charge in [0.1, 0.15) is 11.4 Å². The minimum atomic E-state index is -0.00640. The summed E-state index contributed by atoms with van der Waals surface area (Å²) in [6.07, 6.45) is 0. The van der Waals surface area contributed by atoms with Crippen LogP contribution in [0.5, 0.6) is 5.75 Å². The number of piperazine rings is 1. The number of fused-ring (bicyclic) bond motifs is 1. The van der Waals surface area contributed by atoms with Crippen LogP contribution in [0.3, 0.4) is 0 Å². The van der Waals surface area contributed by atoms with E-state index < -0.39 is 0 Å². The quantitative estimate of drug-likeness (QED) is 0.854. The topological polar surface area (TPSA) is 44.8 Å². The molecular weight excluding hydrogens is 266 g/mol. The second kappa shape index (κ2) is 5.77. The predicted molar refractivity (Wildman–Crippen MR) is 84.2 cm³/mol. The van der Waals surface area contributed by atoms with Crippen molar-refractivity contribution in [3.63, 3.8) is 0 Å². The van der Waals surface area contributed by atoms with Crippen molar-refractivity contribution in [2.24, 2.45) is 0 Å². The van der Waals surface area contributed by atoms with Crippen LogP contribution in [0.4, 0.5) is 11.4 Å². The highest BCUT2D eigenvalue weighted by atomic mass is 16.5. The van der Waals surface area contributed by atoms with E-state index in [0.717, 1.165) is 48.9 Å². The maximum atomic E-state index is 12.3. The van der Waals surface area contributed by atoms with Crippen molar-refractivity contribution in [1.29, 1.82) is 0 Å². The van der Waals surface area contributed by atoms with Gasteiger partial charge in [-0.25, -0.2) is 0 Å². The number of nitrogens with zero attached hydrogens (tertiary/aromatic N) is 2. The summed E-state index contributed by atoms with van der Waals surface area (Å²) < 4.78 is 5.62. The molecule has 1 aromatic rings. The number of carbonyl (C=O) groups is 1. The number of nitrogens with one attached hydrogen (secondary N) is 1. The number of anilines is 2. The second-order valence-electron chi connectivity index (χ2n) is 5.59. The Morgan fingerprint density at radius 2 is 2.14 bits per heavy atom. The Morgan fingerprint density at radius 3 is 2.86 bits per heavy atom. The van der Waals surface area contributed by atoms with Crippen LogP contribution in [-0.2, 0) is 4.79 Å². The van der Waals surface area contributed by atoms with Crippen LogP contribution in [-0.4, -0.2) is 45.2 Å². The molecule has 5 nitrogen and oxygen atoms in total. The predicted octanol–water partition coefficient (Wildman–Crippen LogP) is 1.40. The molecule has 0 unspecified atom stereocenters. The molecule has 1 aromatic carbocycles. The number of carbonyl (C=O) groups excluding carboxylic acids is 1. The Balaban J connectivity index is 2.02. The van der Waals surface area contributed by atoms with E-state index in [1.165, 1.54) is 0 Å². The maximum Gasteiger partial charge on any atom is 0.265 e. The molecule has 0 saturated carbocycles. The Morgan fingerprint density at radius 1 is 1.38 bits per heavy atom. The fraction of sp³-hybridized carbons (Fsp3) is 0.438. The van der Waals surface area contributed by atoms with Crippen LogP contribution in [0.1, 0.15) is 6.92 Å². The molecule has 3 rings (SSSR count). The van der Waals surface area contributed by atoms with Gasteiger partial charge in [0.05, 0.1) is 5.69 Å². The van der Waals surface area contributed by atoms with Gasteiger partial charge in [0.15, 0.2) is 6.61 Å². The Bertz CT molecular complexity index is 565. The van der Waals surface area contributed by atoms with Crippen molar-refractivity contribution in [2.75, 3.05) is 49.1 Å². The number of hydrogen-bond acceptors (Lipinski definition) is 4. The number of benzene rings is 1. The summed E-state index contributed by atoms with van der Waals surface area (Å²) in [7, 11) is 0. The highest BCUT2D eigenvalue weighted by Gasteiger charge is 2.30. The molecular formula is C16H21N3O2. The van der Waals surface area contributed by atoms with E-state index >= 15 is 0 Å². The van der Waals surface area contributed by atoms with E-state index in [-0.39, 0.29) is 12.5 Å². The molecule has 0 spiro atoms. The molecule has 2 heterocycles. The molecule has 1 amide bonds. The van der Waals surface area contributed by atoms with Crippen molar-refractivity contribution in [3.05, 3.63) is 30.4 Å². The Kier molecular flexibility index (Phi) is 3.84. The third-order valence-corrected chi connectivity index (χ3v) is 3.79. The van der Waals surface area contributed by atoms with Crippen molar-refractivity contribution in [1.82, 2.24) is 5.32 Å². The van der Waals surface area contributed by atoms with Gasteiger partial charge in [0, 0.05) is 32.7 Å². The molecule has 1 fully saturated rings. The maximum absolute atomic E-state index is 12.3. The van der Waals surface area contributed by atoms with Gasteiger partial charge in [-0.2, -0.15) is 0 Å². The third-order valence-electron chi connectivity index (χ3n) is 3.79. The number of ether oxygens (including phenoxy) is 1. The molecule has 21 heavy (non-hydrogen) atoms. The largest absolute Gasteiger partial charge is 0.481 e. The molecule has 2 aliphatic heterocycles. The zero-order valence-electron chi connectivity index (χ0n) is 12.4. The van der Waals surface area contributed by atoms with Crippen molar-refractivity contribution in [2.45, 2.75) is 6.92 Å². The Hall–Kier alpha value is -2.01. The van der Waals surface area contributed by atoms with Crippen LogP contribution in [0.2, 0.25) is 0 Å². The standard InChI is InChI=1S/C16H21N3O2/c1-12(2)10-19-15(20)11-21-14-5-3-4-13(16(14)19)18-8-6-17-7-9-18/h3-5,17H,1,6-11H2,2H3. The van der Waals surface area contributed by atoms with Gasteiger partial charge in [0.25, 0.3) is 5.91 Å². The van der Waals surface area contributed by atoms with E-state index in [1.807, 2.05) is 19.1 Å². The highest BCUT2D eigenvalue weighted by molar-refractivity contribution is 6.02. The third kappa shape index (κ3) is 2.74. The van der Waals surface area contributed by atoms with E-state index in [1.54, 1.807) is 4.90 Å². The molecule has 5 heteroatoms. The molecule has 1 saturated heterocycles. The summed E-state index contributed by atoms with van der Waals surface area (Å²) in [5.41, 5.74) is 2.92. The summed E-state index contributed by atoms with van der Waals surface area (Å²) in [6, 6.07) is 5.99. The molecule has 2 aliphatic rings. The van der Waals surface area contributed by atoms with E-state index in [4.69, 9.17) is 4.74 Å². The zero-order chi connectivity index (χ0) is 14.8. The second-order valence-corrected chi connectivity index (χ2v) is 5.59. The SMILES string of the molecule is C=C(C)CN1C(=O)COc2cccc(N3CCNCC3)c21. The van der Waals surface area contributed by atoms with E-state index in [2.05, 4.69) is 22.9 Å². The lowest BCUT2D eigenvalue weighted by atomic mass is 10.1. The number of amides is 1. The lowest BCUT2D eigenvalue weighted by Crippen LogP contribution is -2.46. The molecule has 112 valence electrons. The minimum absolute atomic E-state index is 0.00640. The minimum Gasteiger partial charge on any atom is -0.481 e. The normalized spacial score (nSPS) is 18.2. The molecule has 1 N–H and O–H groups in total. The van der Waals surface area contributed by atoms with Gasteiger partial charge in [-0.05, 0) is 19.1 Å². The first-order valence-electron chi connectivity index (χ1n) is 7.33. The molecule has 0 radical (unpaired) electrons. The Labute approximate surface area is 125 Å². The van der Waals surface area contributed by atoms with Crippen molar-refractivity contribution < 1.29 is 9.53 Å². The van der Waals surface area contributed by atoms with Crippen LogP contribution < -0.4 is 19.9 Å². The average Bonchev–Trinajstić information content (AvgIpc) is 2.50. The summed E-state index contributed by atoms with van der Waals surface area (Å²) in [6.45, 7) is 10.3. The van der Waals surface area contributed by atoms with Crippen LogP contribution in [0.25, 0.3) is 0 Å². The van der Waals surface area contributed by atoms with E-state index in [9.17, 15) is 4.79 Å². The molecule has 0 aromatic heterocycles. The first kappa shape index (κ1) is 13.9. The summed E-state index contributed by atoms with van der Waals surface area (Å²) in [4.78, 5) is 16.4. The van der Waals surface area contributed by atoms with Crippen LogP contribution in [0.15, 0.2) is 30.4 Å². The van der Waals surface area contributed by atoms with Crippen molar-refractivity contribution in [3.8, 4) is 5.75 Å². The smallest absolute Gasteiger partial charge is 0.265 e. The molecule has 0 aliphatic carbocycles. The van der Waals surface area contributed by atoms with Gasteiger partial charge in [-0.15, -0.1) is 0 Å². The molecule has 0 atom stereocenters. The number of para-hydroxylation sites is 1. The number of hydrogen-bond donors (Lipinski definition) is 1. The van der Waals surface area contributed by atoms with Gasteiger partial charge >= 0.3 is 0 Å². The fourth-order valence-electron chi connectivity index (χ4n) is 2.84. The average molecular weight is 287 g/mol.